The van der Waals surface area contributed by atoms with E-state index in [0.717, 1.165) is 36.7 Å². The number of alkyl halides is 3. The number of hydrogen-bond donors (Lipinski definition) is 1. The summed E-state index contributed by atoms with van der Waals surface area (Å²) in [6, 6.07) is 10.1. The molecule has 1 N–H and O–H groups in total. The molecule has 3 heterocycles. The fourth-order valence-electron chi connectivity index (χ4n) is 4.02. The van der Waals surface area contributed by atoms with Gasteiger partial charge in [-0.05, 0) is 37.1 Å². The minimum Gasteiger partial charge on any atom is -0.424 e. The number of imidazole rings is 1. The van der Waals surface area contributed by atoms with Crippen LogP contribution in [0.25, 0.3) is 11.0 Å². The number of fused-ring (bicyclic) bond motifs is 1. The Kier molecular flexibility index (Phi) is 6.48. The summed E-state index contributed by atoms with van der Waals surface area (Å²) in [7, 11) is 0. The molecule has 0 radical (unpaired) electrons. The molecule has 188 valence electrons. The van der Waals surface area contributed by atoms with Crippen LogP contribution < -0.4 is 10.1 Å². The quantitative estimate of drug-likeness (QED) is 0.317. The lowest BCUT2D eigenvalue weighted by Crippen LogP contribution is -2.29. The molecule has 2 aromatic heterocycles. The molecule has 1 aliphatic rings. The number of anilines is 1. The molecule has 0 amide bonds. The maximum Gasteiger partial charge on any atom is 0.419 e. The molecule has 7 nitrogen and oxygen atoms in total. The largest absolute Gasteiger partial charge is 0.424 e. The van der Waals surface area contributed by atoms with E-state index in [1.54, 1.807) is 0 Å². The highest BCUT2D eigenvalue weighted by atomic mass is 19.4. The average Bonchev–Trinajstić information content (AvgIpc) is 3.17. The Bertz CT molecular complexity index is 1370. The molecule has 4 aromatic rings. The number of aryl methyl sites for hydroxylation is 1. The van der Waals surface area contributed by atoms with Gasteiger partial charge in [-0.15, -0.1) is 0 Å². The summed E-state index contributed by atoms with van der Waals surface area (Å²) in [6.45, 7) is 4.49. The van der Waals surface area contributed by atoms with Crippen molar-refractivity contribution in [3.63, 3.8) is 0 Å². The van der Waals surface area contributed by atoms with E-state index in [-0.39, 0.29) is 18.3 Å². The van der Waals surface area contributed by atoms with Gasteiger partial charge in [0.05, 0.1) is 29.8 Å². The molecule has 0 spiro atoms. The molecule has 1 fully saturated rings. The first-order valence-electron chi connectivity index (χ1n) is 11.5. The van der Waals surface area contributed by atoms with Gasteiger partial charge in [-0.1, -0.05) is 12.1 Å². The highest BCUT2D eigenvalue weighted by Gasteiger charge is 2.31. The lowest BCUT2D eigenvalue weighted by Gasteiger charge is -2.25. The van der Waals surface area contributed by atoms with Crippen LogP contribution in [0.3, 0.4) is 0 Å². The van der Waals surface area contributed by atoms with Crippen molar-refractivity contribution in [3.05, 3.63) is 71.3 Å². The summed E-state index contributed by atoms with van der Waals surface area (Å²) < 4.78 is 65.3. The first kappa shape index (κ1) is 24.0. The van der Waals surface area contributed by atoms with E-state index in [0.29, 0.717) is 36.4 Å². The normalized spacial score (nSPS) is 14.1. The monoisotopic (exact) mass is 501 g/mol. The third-order valence-electron chi connectivity index (χ3n) is 5.99. The molecule has 0 atom stereocenters. The van der Waals surface area contributed by atoms with Crippen LogP contribution in [0.1, 0.15) is 23.6 Å². The lowest BCUT2D eigenvalue weighted by atomic mass is 9.98. The first-order chi connectivity index (χ1) is 17.3. The van der Waals surface area contributed by atoms with Crippen molar-refractivity contribution in [2.45, 2.75) is 32.6 Å². The topological polar surface area (TPSA) is 74.1 Å². The van der Waals surface area contributed by atoms with Gasteiger partial charge in [0.2, 0.25) is 5.95 Å². The van der Waals surface area contributed by atoms with Crippen molar-refractivity contribution >= 4 is 17.0 Å². The number of nitrogens with one attached hydrogen (secondary N) is 1. The van der Waals surface area contributed by atoms with Crippen molar-refractivity contribution in [1.82, 2.24) is 19.5 Å². The van der Waals surface area contributed by atoms with Gasteiger partial charge in [-0.3, -0.25) is 0 Å². The van der Waals surface area contributed by atoms with Crippen LogP contribution in [0.15, 0.2) is 48.8 Å². The second kappa shape index (κ2) is 9.73. The third-order valence-corrected chi connectivity index (χ3v) is 5.99. The summed E-state index contributed by atoms with van der Waals surface area (Å²) in [4.78, 5) is 11.7. The van der Waals surface area contributed by atoms with E-state index < -0.39 is 17.6 Å². The summed E-state index contributed by atoms with van der Waals surface area (Å²) in [5.41, 5.74) is 2.48. The molecule has 1 saturated heterocycles. The van der Waals surface area contributed by atoms with Gasteiger partial charge < -0.3 is 19.4 Å². The molecule has 11 heteroatoms. The van der Waals surface area contributed by atoms with Crippen molar-refractivity contribution in [3.8, 4) is 11.8 Å². The fraction of sp³-hybridized carbons (Fsp3) is 0.320. The highest BCUT2D eigenvalue weighted by molar-refractivity contribution is 5.79. The van der Waals surface area contributed by atoms with Crippen molar-refractivity contribution in [1.29, 1.82) is 0 Å². The molecule has 0 aliphatic carbocycles. The van der Waals surface area contributed by atoms with E-state index in [2.05, 4.69) is 32.4 Å². The van der Waals surface area contributed by atoms with Gasteiger partial charge in [-0.25, -0.2) is 19.3 Å². The minimum absolute atomic E-state index is 0.0706. The van der Waals surface area contributed by atoms with Gasteiger partial charge in [0.25, 0.3) is 0 Å². The number of aromatic nitrogens is 4. The SMILES string of the molecule is CCn1c(NCc2ccc(Oc3ncc(C(F)(F)F)cn3)cc2F)nc2ccc(CC3COC3)cc21. The summed E-state index contributed by atoms with van der Waals surface area (Å²) in [5.74, 6) is 0.713. The zero-order chi connectivity index (χ0) is 25.3. The van der Waals surface area contributed by atoms with Crippen molar-refractivity contribution < 1.29 is 27.0 Å². The lowest BCUT2D eigenvalue weighted by molar-refractivity contribution is -0.138. The van der Waals surface area contributed by atoms with Crippen LogP contribution in [0.4, 0.5) is 23.5 Å². The first-order valence-corrected chi connectivity index (χ1v) is 11.5. The van der Waals surface area contributed by atoms with Crippen LogP contribution in [0, 0.1) is 11.7 Å². The van der Waals surface area contributed by atoms with Gasteiger partial charge in [0, 0.05) is 43.0 Å². The second-order valence-electron chi connectivity index (χ2n) is 8.57. The van der Waals surface area contributed by atoms with Gasteiger partial charge >= 0.3 is 12.2 Å². The molecule has 5 rings (SSSR count). The molecule has 0 bridgehead atoms. The number of nitrogens with zero attached hydrogens (tertiary/aromatic N) is 4. The van der Waals surface area contributed by atoms with Crippen LogP contribution >= 0.6 is 0 Å². The van der Waals surface area contributed by atoms with E-state index in [1.807, 2.05) is 17.6 Å². The molecule has 0 saturated carbocycles. The number of halogens is 4. The summed E-state index contributed by atoms with van der Waals surface area (Å²) in [6.07, 6.45) is -2.36. The maximum absolute atomic E-state index is 14.7. The maximum atomic E-state index is 14.7. The fourth-order valence-corrected chi connectivity index (χ4v) is 4.02. The van der Waals surface area contributed by atoms with Crippen LogP contribution in [0.2, 0.25) is 0 Å². The molecule has 36 heavy (non-hydrogen) atoms. The molecule has 2 aromatic carbocycles. The second-order valence-corrected chi connectivity index (χ2v) is 8.57. The minimum atomic E-state index is -4.55. The average molecular weight is 501 g/mol. The molecular weight excluding hydrogens is 478 g/mol. The predicted molar refractivity (Wildman–Crippen MR) is 124 cm³/mol. The number of ether oxygens (including phenoxy) is 2. The predicted octanol–water partition coefficient (Wildman–Crippen LogP) is 5.60. The van der Waals surface area contributed by atoms with E-state index in [1.165, 1.54) is 17.7 Å². The van der Waals surface area contributed by atoms with Gasteiger partial charge in [0.1, 0.15) is 11.6 Å². The Morgan fingerprint density at radius 3 is 2.53 bits per heavy atom. The Labute approximate surface area is 204 Å². The Balaban J connectivity index is 1.27. The zero-order valence-corrected chi connectivity index (χ0v) is 19.3. The number of benzene rings is 2. The zero-order valence-electron chi connectivity index (χ0n) is 19.3. The van der Waals surface area contributed by atoms with E-state index in [4.69, 9.17) is 9.47 Å². The number of hydrogen-bond acceptors (Lipinski definition) is 6. The Morgan fingerprint density at radius 2 is 1.89 bits per heavy atom. The van der Waals surface area contributed by atoms with Crippen molar-refractivity contribution in [2.75, 3.05) is 18.5 Å². The Hall–Kier alpha value is -3.73. The molecule has 0 unspecified atom stereocenters. The number of rotatable bonds is 8. The smallest absolute Gasteiger partial charge is 0.419 e. The third kappa shape index (κ3) is 5.11. The van der Waals surface area contributed by atoms with Gasteiger partial charge in [-0.2, -0.15) is 13.2 Å². The summed E-state index contributed by atoms with van der Waals surface area (Å²) in [5, 5.41) is 3.20. The standard InChI is InChI=1S/C25H23F4N5O2/c1-2-34-22-8-15(7-16-13-35-14-16)3-6-21(22)33-23(34)30-10-17-4-5-19(9-20(17)26)36-24-31-11-18(12-32-24)25(27,28)29/h3-6,8-9,11-12,16H,2,7,10,13-14H2,1H3,(H,30,33). The summed E-state index contributed by atoms with van der Waals surface area (Å²) >= 11 is 0. The van der Waals surface area contributed by atoms with Crippen LogP contribution in [-0.2, 0) is 30.4 Å². The highest BCUT2D eigenvalue weighted by Crippen LogP contribution is 2.29. The molecular formula is C25H23F4N5O2. The van der Waals surface area contributed by atoms with Crippen molar-refractivity contribution in [2.24, 2.45) is 5.92 Å². The van der Waals surface area contributed by atoms with Gasteiger partial charge in [0.15, 0.2) is 0 Å². The van der Waals surface area contributed by atoms with Crippen LogP contribution in [-0.4, -0.2) is 32.7 Å². The van der Waals surface area contributed by atoms with E-state index >= 15 is 0 Å². The molecule has 1 aliphatic heterocycles. The van der Waals surface area contributed by atoms with E-state index in [9.17, 15) is 17.6 Å². The van der Waals surface area contributed by atoms with Crippen LogP contribution in [0.5, 0.6) is 11.8 Å². The Morgan fingerprint density at radius 1 is 1.11 bits per heavy atom.